The second-order valence-electron chi connectivity index (χ2n) is 6.62. The lowest BCUT2D eigenvalue weighted by Crippen LogP contribution is -2.36. The predicted molar refractivity (Wildman–Crippen MR) is 95.2 cm³/mol. The Kier molecular flexibility index (Phi) is 6.01. The van der Waals surface area contributed by atoms with Gasteiger partial charge in [0.05, 0.1) is 19.9 Å². The van der Waals surface area contributed by atoms with Crippen molar-refractivity contribution in [2.24, 2.45) is 4.99 Å². The van der Waals surface area contributed by atoms with Crippen molar-refractivity contribution in [1.29, 1.82) is 0 Å². The van der Waals surface area contributed by atoms with Crippen LogP contribution in [0, 0.1) is 5.82 Å². The van der Waals surface area contributed by atoms with Crippen LogP contribution in [0.2, 0.25) is 0 Å². The van der Waals surface area contributed by atoms with Gasteiger partial charge in [0, 0.05) is 19.0 Å². The summed E-state index contributed by atoms with van der Waals surface area (Å²) in [7, 11) is 3.11. The summed E-state index contributed by atoms with van der Waals surface area (Å²) in [4.78, 5) is 8.40. The number of rotatable bonds is 5. The van der Waals surface area contributed by atoms with E-state index in [0.29, 0.717) is 24.9 Å². The molecule has 0 aliphatic rings. The molecule has 0 saturated heterocycles. The number of nitrogens with zero attached hydrogens (tertiary/aromatic N) is 2. The molecule has 1 aromatic heterocycles. The second-order valence-corrected chi connectivity index (χ2v) is 6.62. The normalized spacial score (nSPS) is 12.2. The van der Waals surface area contributed by atoms with Crippen molar-refractivity contribution in [2.45, 2.75) is 39.3 Å². The van der Waals surface area contributed by atoms with Gasteiger partial charge in [-0.05, 0) is 17.7 Å². The molecule has 0 bridgehead atoms. The van der Waals surface area contributed by atoms with E-state index in [-0.39, 0.29) is 17.0 Å². The smallest absolute Gasteiger partial charge is 0.213 e. The van der Waals surface area contributed by atoms with Crippen LogP contribution in [0.15, 0.2) is 33.8 Å². The Morgan fingerprint density at radius 2 is 2.00 bits per heavy atom. The van der Waals surface area contributed by atoms with Crippen molar-refractivity contribution in [3.8, 4) is 5.75 Å². The third-order valence-corrected chi connectivity index (χ3v) is 3.60. The molecule has 0 spiro atoms. The van der Waals surface area contributed by atoms with E-state index in [9.17, 15) is 4.39 Å². The first kappa shape index (κ1) is 18.8. The molecule has 0 unspecified atom stereocenters. The minimum Gasteiger partial charge on any atom is -0.494 e. The predicted octanol–water partition coefficient (Wildman–Crippen LogP) is 2.99. The fourth-order valence-corrected chi connectivity index (χ4v) is 2.12. The zero-order valence-electron chi connectivity index (χ0n) is 15.3. The van der Waals surface area contributed by atoms with Crippen molar-refractivity contribution in [3.05, 3.63) is 47.4 Å². The molecule has 7 heteroatoms. The highest BCUT2D eigenvalue weighted by Gasteiger charge is 2.19. The zero-order valence-corrected chi connectivity index (χ0v) is 15.3. The minimum absolute atomic E-state index is 0.0797. The Hall–Kier alpha value is -2.57. The Bertz CT molecular complexity index is 735. The first-order valence-electron chi connectivity index (χ1n) is 8.05. The molecular weight excluding hydrogens is 323 g/mol. The number of nitrogens with one attached hydrogen (secondary N) is 2. The van der Waals surface area contributed by atoms with Crippen molar-refractivity contribution < 1.29 is 13.5 Å². The highest BCUT2D eigenvalue weighted by Crippen LogP contribution is 2.22. The SMILES string of the molecule is CN=C(NCc1ccc(OC)c(F)c1)NCc1ncc(C(C)(C)C)o1. The maximum Gasteiger partial charge on any atom is 0.213 e. The standard InChI is InChI=1S/C18H25FN4O2/c1-18(2,3)15-10-21-16(25-15)11-23-17(20-4)22-9-12-6-7-14(24-5)13(19)8-12/h6-8,10H,9,11H2,1-5H3,(H2,20,22,23). The van der Waals surface area contributed by atoms with E-state index >= 15 is 0 Å². The quantitative estimate of drug-likeness (QED) is 0.642. The number of halogens is 1. The molecule has 1 aromatic carbocycles. The average molecular weight is 348 g/mol. The Morgan fingerprint density at radius 1 is 1.28 bits per heavy atom. The molecule has 0 aliphatic carbocycles. The van der Waals surface area contributed by atoms with Crippen LogP contribution in [0.25, 0.3) is 0 Å². The van der Waals surface area contributed by atoms with Gasteiger partial charge in [0.25, 0.3) is 0 Å². The summed E-state index contributed by atoms with van der Waals surface area (Å²) in [5.41, 5.74) is 0.705. The summed E-state index contributed by atoms with van der Waals surface area (Å²) in [5.74, 6) is 1.83. The number of benzene rings is 1. The molecule has 0 aliphatic heterocycles. The summed E-state index contributed by atoms with van der Waals surface area (Å²) >= 11 is 0. The fourth-order valence-electron chi connectivity index (χ4n) is 2.12. The maximum atomic E-state index is 13.7. The molecule has 0 amide bonds. The Balaban J connectivity index is 1.89. The molecule has 0 radical (unpaired) electrons. The van der Waals surface area contributed by atoms with Crippen molar-refractivity contribution in [3.63, 3.8) is 0 Å². The first-order valence-corrected chi connectivity index (χ1v) is 8.05. The van der Waals surface area contributed by atoms with Crippen LogP contribution < -0.4 is 15.4 Å². The molecule has 6 nitrogen and oxygen atoms in total. The van der Waals surface area contributed by atoms with Gasteiger partial charge in [-0.15, -0.1) is 0 Å². The van der Waals surface area contributed by atoms with E-state index < -0.39 is 0 Å². The molecule has 0 fully saturated rings. The number of methoxy groups -OCH3 is 1. The van der Waals surface area contributed by atoms with E-state index in [1.54, 1.807) is 25.4 Å². The topological polar surface area (TPSA) is 71.7 Å². The number of guanidine groups is 1. The van der Waals surface area contributed by atoms with Crippen LogP contribution in [0.4, 0.5) is 4.39 Å². The summed E-state index contributed by atoms with van der Waals surface area (Å²) in [5, 5.41) is 6.24. The summed E-state index contributed by atoms with van der Waals surface area (Å²) in [6.45, 7) is 7.05. The number of aliphatic imine (C=N–C) groups is 1. The van der Waals surface area contributed by atoms with Crippen LogP contribution >= 0.6 is 0 Å². The van der Waals surface area contributed by atoms with Gasteiger partial charge < -0.3 is 19.8 Å². The minimum atomic E-state index is -0.390. The van der Waals surface area contributed by atoms with Gasteiger partial charge in [0.2, 0.25) is 5.89 Å². The van der Waals surface area contributed by atoms with Crippen LogP contribution in [-0.2, 0) is 18.5 Å². The van der Waals surface area contributed by atoms with Crippen LogP contribution in [0.1, 0.15) is 38.0 Å². The Morgan fingerprint density at radius 3 is 2.56 bits per heavy atom. The number of hydrogen-bond acceptors (Lipinski definition) is 4. The van der Waals surface area contributed by atoms with Gasteiger partial charge >= 0.3 is 0 Å². The van der Waals surface area contributed by atoms with Gasteiger partial charge in [-0.25, -0.2) is 9.37 Å². The van der Waals surface area contributed by atoms with Gasteiger partial charge in [-0.3, -0.25) is 4.99 Å². The van der Waals surface area contributed by atoms with Crippen molar-refractivity contribution in [1.82, 2.24) is 15.6 Å². The summed E-state index contributed by atoms with van der Waals surface area (Å²) in [6.07, 6.45) is 1.74. The van der Waals surface area contributed by atoms with Crippen LogP contribution in [0.3, 0.4) is 0 Å². The van der Waals surface area contributed by atoms with E-state index in [1.807, 2.05) is 0 Å². The van der Waals surface area contributed by atoms with Gasteiger partial charge in [-0.1, -0.05) is 26.8 Å². The van der Waals surface area contributed by atoms with Gasteiger partial charge in [0.1, 0.15) is 5.76 Å². The lowest BCUT2D eigenvalue weighted by Gasteiger charge is -2.13. The van der Waals surface area contributed by atoms with Gasteiger partial charge in [-0.2, -0.15) is 0 Å². The summed E-state index contributed by atoms with van der Waals surface area (Å²) in [6, 6.07) is 4.83. The van der Waals surface area contributed by atoms with Crippen LogP contribution in [-0.4, -0.2) is 25.1 Å². The monoisotopic (exact) mass is 348 g/mol. The second kappa shape index (κ2) is 8.00. The molecule has 1 heterocycles. The number of aromatic nitrogens is 1. The molecule has 2 rings (SSSR count). The van der Waals surface area contributed by atoms with Crippen molar-refractivity contribution >= 4 is 5.96 Å². The van der Waals surface area contributed by atoms with Crippen LogP contribution in [0.5, 0.6) is 5.75 Å². The average Bonchev–Trinajstić information content (AvgIpc) is 3.04. The lowest BCUT2D eigenvalue weighted by atomic mass is 9.94. The fraction of sp³-hybridized carbons (Fsp3) is 0.444. The number of oxazole rings is 1. The van der Waals surface area contributed by atoms with E-state index in [0.717, 1.165) is 11.3 Å². The Labute approximate surface area is 147 Å². The zero-order chi connectivity index (χ0) is 18.4. The molecule has 2 N–H and O–H groups in total. The third kappa shape index (κ3) is 5.20. The lowest BCUT2D eigenvalue weighted by molar-refractivity contribution is 0.379. The molecule has 25 heavy (non-hydrogen) atoms. The molecule has 2 aromatic rings. The third-order valence-electron chi connectivity index (χ3n) is 3.60. The molecule has 136 valence electrons. The highest BCUT2D eigenvalue weighted by molar-refractivity contribution is 5.79. The maximum absolute atomic E-state index is 13.7. The summed E-state index contributed by atoms with van der Waals surface area (Å²) < 4.78 is 24.3. The van der Waals surface area contributed by atoms with E-state index in [4.69, 9.17) is 9.15 Å². The molecule has 0 atom stereocenters. The van der Waals surface area contributed by atoms with Crippen molar-refractivity contribution in [2.75, 3.05) is 14.2 Å². The molecular formula is C18H25FN4O2. The first-order chi connectivity index (χ1) is 11.8. The number of ether oxygens (including phenoxy) is 1. The largest absolute Gasteiger partial charge is 0.494 e. The van der Waals surface area contributed by atoms with E-state index in [2.05, 4.69) is 41.4 Å². The van der Waals surface area contributed by atoms with E-state index in [1.165, 1.54) is 13.2 Å². The molecule has 0 saturated carbocycles. The van der Waals surface area contributed by atoms with Gasteiger partial charge in [0.15, 0.2) is 17.5 Å². The number of hydrogen-bond donors (Lipinski definition) is 2. The highest BCUT2D eigenvalue weighted by atomic mass is 19.1.